The van der Waals surface area contributed by atoms with E-state index in [2.05, 4.69) is 30.8 Å². The summed E-state index contributed by atoms with van der Waals surface area (Å²) in [5.41, 5.74) is 3.88. The van der Waals surface area contributed by atoms with E-state index in [0.717, 1.165) is 10.9 Å². The first-order valence-corrected chi connectivity index (χ1v) is 11.7. The number of anilines is 2. The summed E-state index contributed by atoms with van der Waals surface area (Å²) < 4.78 is 5.26. The molecule has 0 aliphatic heterocycles. The average molecular weight is 485 g/mol. The quantitative estimate of drug-likeness (QED) is 0.291. The lowest BCUT2D eigenvalue weighted by molar-refractivity contribution is -0.113. The zero-order chi connectivity index (χ0) is 24.2. The number of methoxy groups -OCH3 is 1. The van der Waals surface area contributed by atoms with Gasteiger partial charge in [0.25, 0.3) is 5.91 Å². The molecule has 0 aliphatic rings. The first-order chi connectivity index (χ1) is 17.1. The summed E-state index contributed by atoms with van der Waals surface area (Å²) in [7, 11) is 1.55. The molecule has 9 nitrogen and oxygen atoms in total. The van der Waals surface area contributed by atoms with E-state index >= 15 is 0 Å². The monoisotopic (exact) mass is 484 g/mol. The third kappa shape index (κ3) is 4.92. The van der Waals surface area contributed by atoms with Gasteiger partial charge in [-0.25, -0.2) is 4.98 Å². The number of nitrogens with zero attached hydrogens (tertiary/aromatic N) is 3. The van der Waals surface area contributed by atoms with Crippen molar-refractivity contribution in [2.45, 2.75) is 5.16 Å². The minimum absolute atomic E-state index is 0.115. The van der Waals surface area contributed by atoms with Gasteiger partial charge in [0.05, 0.1) is 18.6 Å². The maximum atomic E-state index is 12.5. The molecule has 0 saturated heterocycles. The number of nitrogens with one attached hydrogen (secondary N) is 3. The van der Waals surface area contributed by atoms with Crippen LogP contribution in [0, 0.1) is 0 Å². The van der Waals surface area contributed by atoms with Gasteiger partial charge in [0, 0.05) is 22.2 Å². The van der Waals surface area contributed by atoms with Gasteiger partial charge in [0.1, 0.15) is 11.3 Å². The lowest BCUT2D eigenvalue weighted by Gasteiger charge is -2.10. The summed E-state index contributed by atoms with van der Waals surface area (Å²) in [5.74, 6) is 0.190. The van der Waals surface area contributed by atoms with Gasteiger partial charge in [-0.3, -0.25) is 9.59 Å². The molecule has 2 heterocycles. The number of thioether (sulfide) groups is 1. The molecule has 0 fully saturated rings. The molecular weight excluding hydrogens is 464 g/mol. The zero-order valence-electron chi connectivity index (χ0n) is 18.6. The summed E-state index contributed by atoms with van der Waals surface area (Å²) in [5, 5.41) is 15.4. The van der Waals surface area contributed by atoms with E-state index in [0.29, 0.717) is 39.0 Å². The van der Waals surface area contributed by atoms with Crippen molar-refractivity contribution >= 4 is 57.0 Å². The van der Waals surface area contributed by atoms with Gasteiger partial charge in [-0.15, -0.1) is 10.2 Å². The number of para-hydroxylation sites is 3. The van der Waals surface area contributed by atoms with Crippen molar-refractivity contribution in [3.63, 3.8) is 0 Å². The predicted molar refractivity (Wildman–Crippen MR) is 136 cm³/mol. The highest BCUT2D eigenvalue weighted by molar-refractivity contribution is 7.99. The Morgan fingerprint density at radius 3 is 2.54 bits per heavy atom. The van der Waals surface area contributed by atoms with Crippen molar-refractivity contribution in [1.82, 2.24) is 20.2 Å². The molecule has 0 aliphatic carbocycles. The standard InChI is InChI=1S/C25H20N6O3S/c1-34-20-9-5-4-8-19(20)28-24(33)15-10-12-16(13-11-15)26-21(32)14-35-25-29-23-22(30-31-25)17-6-2-3-7-18(17)27-23/h2-13H,14H2,1H3,(H,26,32)(H,28,33)(H,27,29,31). The average Bonchev–Trinajstić information content (AvgIpc) is 3.26. The third-order valence-electron chi connectivity index (χ3n) is 5.22. The number of carbonyl (C=O) groups is 2. The van der Waals surface area contributed by atoms with Crippen molar-refractivity contribution in [3.8, 4) is 5.75 Å². The summed E-state index contributed by atoms with van der Waals surface area (Å²) in [6.07, 6.45) is 0. The van der Waals surface area contributed by atoms with Crippen LogP contribution in [0.1, 0.15) is 10.4 Å². The van der Waals surface area contributed by atoms with E-state index in [1.807, 2.05) is 36.4 Å². The first-order valence-electron chi connectivity index (χ1n) is 10.7. The number of carbonyl (C=O) groups excluding carboxylic acids is 2. The maximum absolute atomic E-state index is 12.5. The third-order valence-corrected chi connectivity index (χ3v) is 6.06. The highest BCUT2D eigenvalue weighted by Gasteiger charge is 2.12. The van der Waals surface area contributed by atoms with Crippen molar-refractivity contribution < 1.29 is 14.3 Å². The number of H-pyrrole nitrogens is 1. The van der Waals surface area contributed by atoms with E-state index in [-0.39, 0.29) is 17.6 Å². The number of aromatic amines is 1. The smallest absolute Gasteiger partial charge is 0.255 e. The van der Waals surface area contributed by atoms with Gasteiger partial charge in [-0.05, 0) is 42.5 Å². The lowest BCUT2D eigenvalue weighted by Crippen LogP contribution is -2.15. The molecule has 2 amide bonds. The Morgan fingerprint density at radius 1 is 0.943 bits per heavy atom. The fraction of sp³-hybridized carbons (Fsp3) is 0.0800. The van der Waals surface area contributed by atoms with E-state index in [4.69, 9.17) is 4.74 Å². The Balaban J connectivity index is 1.18. The fourth-order valence-corrected chi connectivity index (χ4v) is 4.13. The number of fused-ring (bicyclic) bond motifs is 3. The molecule has 0 bridgehead atoms. The largest absolute Gasteiger partial charge is 0.495 e. The molecule has 35 heavy (non-hydrogen) atoms. The number of benzene rings is 3. The Kier molecular flexibility index (Phi) is 6.27. The summed E-state index contributed by atoms with van der Waals surface area (Å²) in [4.78, 5) is 32.6. The van der Waals surface area contributed by atoms with Gasteiger partial charge < -0.3 is 20.4 Å². The molecule has 3 N–H and O–H groups in total. The van der Waals surface area contributed by atoms with Gasteiger partial charge in [0.15, 0.2) is 5.65 Å². The number of amides is 2. The minimum atomic E-state index is -0.278. The zero-order valence-corrected chi connectivity index (χ0v) is 19.4. The number of ether oxygens (including phenoxy) is 1. The number of hydrogen-bond donors (Lipinski definition) is 3. The van der Waals surface area contributed by atoms with E-state index in [1.54, 1.807) is 43.5 Å². The van der Waals surface area contributed by atoms with Crippen LogP contribution in [0.15, 0.2) is 78.0 Å². The molecule has 0 atom stereocenters. The SMILES string of the molecule is COc1ccccc1NC(=O)c1ccc(NC(=O)CSc2nnc3c(n2)[nH]c2ccccc23)cc1. The van der Waals surface area contributed by atoms with Crippen LogP contribution in [0.3, 0.4) is 0 Å². The Bertz CT molecular complexity index is 1530. The van der Waals surface area contributed by atoms with E-state index in [9.17, 15) is 9.59 Å². The second-order valence-electron chi connectivity index (χ2n) is 7.53. The fourth-order valence-electron chi connectivity index (χ4n) is 3.54. The molecular formula is C25H20N6O3S. The van der Waals surface area contributed by atoms with Crippen LogP contribution in [0.2, 0.25) is 0 Å². The predicted octanol–water partition coefficient (Wildman–Crippen LogP) is 4.50. The van der Waals surface area contributed by atoms with Crippen LogP contribution in [0.5, 0.6) is 5.75 Å². The van der Waals surface area contributed by atoms with Crippen LogP contribution in [0.25, 0.3) is 22.1 Å². The Morgan fingerprint density at radius 2 is 1.71 bits per heavy atom. The molecule has 5 rings (SSSR count). The van der Waals surface area contributed by atoms with Gasteiger partial charge in [0.2, 0.25) is 11.1 Å². The van der Waals surface area contributed by atoms with Crippen molar-refractivity contribution in [2.24, 2.45) is 0 Å². The van der Waals surface area contributed by atoms with Gasteiger partial charge in [-0.1, -0.05) is 42.1 Å². The number of rotatable bonds is 7. The first kappa shape index (κ1) is 22.4. The second-order valence-corrected chi connectivity index (χ2v) is 8.47. The molecule has 0 spiro atoms. The molecule has 0 radical (unpaired) electrons. The molecule has 174 valence electrons. The molecule has 10 heteroatoms. The second kappa shape index (κ2) is 9.82. The molecule has 2 aromatic heterocycles. The van der Waals surface area contributed by atoms with Gasteiger partial charge >= 0.3 is 0 Å². The highest BCUT2D eigenvalue weighted by Crippen LogP contribution is 2.25. The highest BCUT2D eigenvalue weighted by atomic mass is 32.2. The van der Waals surface area contributed by atoms with Crippen LogP contribution in [0.4, 0.5) is 11.4 Å². The molecule has 0 unspecified atom stereocenters. The van der Waals surface area contributed by atoms with Crippen molar-refractivity contribution in [1.29, 1.82) is 0 Å². The number of hydrogen-bond acceptors (Lipinski definition) is 7. The van der Waals surface area contributed by atoms with E-state index < -0.39 is 0 Å². The van der Waals surface area contributed by atoms with Crippen LogP contribution < -0.4 is 15.4 Å². The van der Waals surface area contributed by atoms with Gasteiger partial charge in [-0.2, -0.15) is 0 Å². The lowest BCUT2D eigenvalue weighted by atomic mass is 10.2. The topological polar surface area (TPSA) is 122 Å². The summed E-state index contributed by atoms with van der Waals surface area (Å²) in [6.45, 7) is 0. The normalized spacial score (nSPS) is 10.9. The maximum Gasteiger partial charge on any atom is 0.255 e. The molecule has 3 aromatic carbocycles. The summed E-state index contributed by atoms with van der Waals surface area (Å²) >= 11 is 1.19. The summed E-state index contributed by atoms with van der Waals surface area (Å²) in [6, 6.07) is 21.6. The van der Waals surface area contributed by atoms with Crippen LogP contribution in [-0.2, 0) is 4.79 Å². The molecule has 0 saturated carbocycles. The van der Waals surface area contributed by atoms with Crippen molar-refractivity contribution in [2.75, 3.05) is 23.5 Å². The Labute approximate surface area is 204 Å². The molecule has 5 aromatic rings. The van der Waals surface area contributed by atoms with Crippen molar-refractivity contribution in [3.05, 3.63) is 78.4 Å². The number of aromatic nitrogens is 4. The van der Waals surface area contributed by atoms with Crippen LogP contribution >= 0.6 is 11.8 Å². The Hall–Kier alpha value is -4.44. The minimum Gasteiger partial charge on any atom is -0.495 e. The van der Waals surface area contributed by atoms with E-state index in [1.165, 1.54) is 11.8 Å². The van der Waals surface area contributed by atoms with Crippen LogP contribution in [-0.4, -0.2) is 44.8 Å².